The monoisotopic (exact) mass is 427 g/mol. The quantitative estimate of drug-likeness (QED) is 0.428. The average molecular weight is 428 g/mol. The van der Waals surface area contributed by atoms with Gasteiger partial charge in [0, 0.05) is 39.6 Å². The minimum absolute atomic E-state index is 0.127. The maximum atomic E-state index is 12.4. The molecule has 2 heterocycles. The number of hydrogen-bond acceptors (Lipinski definition) is 6. The van der Waals surface area contributed by atoms with Gasteiger partial charge in [-0.2, -0.15) is 0 Å². The summed E-state index contributed by atoms with van der Waals surface area (Å²) in [5.74, 6) is -0.405. The number of nitrogens with two attached hydrogens (primary N) is 1. The number of rotatable bonds is 6. The number of primary amides is 1. The zero-order valence-electron chi connectivity index (χ0n) is 18.7. The van der Waals surface area contributed by atoms with Crippen LogP contribution in [-0.4, -0.2) is 23.8 Å². The number of Topliss-reactive ketones (excluding diaryl/α,β-unsaturated/α-hetero) is 1. The van der Waals surface area contributed by atoms with Crippen LogP contribution >= 0.6 is 11.6 Å². The van der Waals surface area contributed by atoms with E-state index in [9.17, 15) is 9.59 Å². The fraction of sp³-hybridized carbons (Fsp3) is 0.136. The van der Waals surface area contributed by atoms with E-state index in [1.807, 2.05) is 0 Å². The Hall–Kier alpha value is -3.58. The van der Waals surface area contributed by atoms with Gasteiger partial charge < -0.3 is 19.6 Å². The highest BCUT2D eigenvalue weighted by molar-refractivity contribution is 6.33. The van der Waals surface area contributed by atoms with Crippen molar-refractivity contribution in [3.8, 4) is 17.2 Å². The van der Waals surface area contributed by atoms with Crippen LogP contribution in [0.15, 0.2) is 47.2 Å². The lowest BCUT2D eigenvalue weighted by atomic mass is 10.1. The van der Waals surface area contributed by atoms with E-state index in [1.54, 1.807) is 12.1 Å². The molecule has 0 aliphatic heterocycles. The number of aromatic nitrogens is 1. The largest absolute Gasteiger partial charge is 0.496 e. The number of nitrogens with zero attached hydrogens (tertiary/aromatic N) is 1. The Kier molecular flexibility index (Phi) is 4.16. The molecular weight excluding hydrogens is 408 g/mol. The van der Waals surface area contributed by atoms with E-state index in [0.717, 1.165) is 0 Å². The zero-order valence-corrected chi connectivity index (χ0v) is 16.4. The molecule has 0 fully saturated rings. The molecule has 0 aliphatic carbocycles. The molecule has 0 spiro atoms. The second kappa shape index (κ2) is 7.68. The molecule has 7 nitrogen and oxygen atoms in total. The molecule has 8 heteroatoms. The summed E-state index contributed by atoms with van der Waals surface area (Å²) in [6.45, 7) is -2.40. The van der Waals surface area contributed by atoms with Crippen LogP contribution in [0.1, 0.15) is 38.1 Å². The first-order chi connectivity index (χ1) is 15.6. The maximum absolute atomic E-state index is 12.4. The number of hydrogen-bond donors (Lipinski definition) is 1. The van der Waals surface area contributed by atoms with Gasteiger partial charge in [-0.15, -0.1) is 0 Å². The number of ether oxygens (including phenoxy) is 2. The van der Waals surface area contributed by atoms with E-state index in [4.69, 9.17) is 35.3 Å². The fourth-order valence-electron chi connectivity index (χ4n) is 3.14. The summed E-state index contributed by atoms with van der Waals surface area (Å²) in [5.41, 5.74) is 6.54. The lowest BCUT2D eigenvalue weighted by Crippen LogP contribution is -2.12. The highest BCUT2D eigenvalue weighted by Gasteiger charge is 2.18. The van der Waals surface area contributed by atoms with Crippen molar-refractivity contribution in [2.45, 2.75) is 13.3 Å². The van der Waals surface area contributed by atoms with Crippen molar-refractivity contribution < 1.29 is 27.6 Å². The van der Waals surface area contributed by atoms with Crippen LogP contribution < -0.4 is 15.2 Å². The molecule has 0 radical (unpaired) electrons. The fourth-order valence-corrected chi connectivity index (χ4v) is 3.34. The third-order valence-electron chi connectivity index (χ3n) is 4.60. The van der Waals surface area contributed by atoms with Crippen molar-refractivity contribution in [2.75, 3.05) is 7.11 Å². The summed E-state index contributed by atoms with van der Waals surface area (Å²) in [4.78, 5) is 28.5. The van der Waals surface area contributed by atoms with E-state index >= 15 is 0 Å². The van der Waals surface area contributed by atoms with Crippen LogP contribution in [-0.2, 0) is 0 Å². The lowest BCUT2D eigenvalue weighted by Gasteiger charge is -2.12. The van der Waals surface area contributed by atoms with Crippen LogP contribution in [0, 0.1) is 0 Å². The average Bonchev–Trinajstić information content (AvgIpc) is 3.14. The van der Waals surface area contributed by atoms with E-state index in [-0.39, 0.29) is 27.6 Å². The molecule has 2 N–H and O–H groups in total. The molecule has 4 aromatic rings. The van der Waals surface area contributed by atoms with Crippen LogP contribution in [0.2, 0.25) is 5.02 Å². The predicted octanol–water partition coefficient (Wildman–Crippen LogP) is 5.13. The number of pyridine rings is 1. The third-order valence-corrected chi connectivity index (χ3v) is 4.89. The molecule has 0 unspecified atom stereocenters. The number of methoxy groups -OCH3 is 1. The number of halogens is 1. The van der Waals surface area contributed by atoms with E-state index in [0.29, 0.717) is 27.6 Å². The van der Waals surface area contributed by atoms with Gasteiger partial charge in [-0.05, 0) is 18.2 Å². The molecule has 2 aromatic heterocycles. The van der Waals surface area contributed by atoms with Crippen LogP contribution in [0.25, 0.3) is 21.9 Å². The standard InChI is InChI=1S/C22H17ClN2O5/c1-3-17(26)14-10-29-20-9-21(15(23)7-11(14)20)30-18-4-5-25-16-8-19(28-2)13(22(24)27)6-12(16)18/h4-10H,3H2,1-2H3,(H2,24,27)/i1D3. The Morgan fingerprint density at radius 2 is 2.00 bits per heavy atom. The molecule has 0 saturated carbocycles. The highest BCUT2D eigenvalue weighted by atomic mass is 35.5. The smallest absolute Gasteiger partial charge is 0.252 e. The first-order valence-corrected chi connectivity index (χ1v) is 9.13. The highest BCUT2D eigenvalue weighted by Crippen LogP contribution is 2.38. The van der Waals surface area contributed by atoms with Crippen molar-refractivity contribution in [1.82, 2.24) is 4.98 Å². The predicted molar refractivity (Wildman–Crippen MR) is 113 cm³/mol. The number of ketones is 1. The van der Waals surface area contributed by atoms with Crippen LogP contribution in [0.5, 0.6) is 17.2 Å². The Labute approximate surface area is 180 Å². The van der Waals surface area contributed by atoms with E-state index < -0.39 is 25.0 Å². The third kappa shape index (κ3) is 3.33. The van der Waals surface area contributed by atoms with Crippen LogP contribution in [0.4, 0.5) is 0 Å². The summed E-state index contributed by atoms with van der Waals surface area (Å²) in [6.07, 6.45) is 2.10. The Bertz CT molecular complexity index is 1410. The number of fused-ring (bicyclic) bond motifs is 2. The second-order valence-corrected chi connectivity index (χ2v) is 6.78. The van der Waals surface area contributed by atoms with E-state index in [2.05, 4.69) is 4.98 Å². The molecule has 30 heavy (non-hydrogen) atoms. The van der Waals surface area contributed by atoms with Crippen molar-refractivity contribution in [3.05, 3.63) is 58.9 Å². The number of carbonyl (C=O) groups excluding carboxylic acids is 2. The minimum atomic E-state index is -2.40. The van der Waals surface area contributed by atoms with Crippen molar-refractivity contribution in [1.29, 1.82) is 0 Å². The zero-order chi connectivity index (χ0) is 23.9. The number of amides is 1. The SMILES string of the molecule is [2H]C([2H])([2H])CC(=O)c1coc2cc(Oc3ccnc4cc(OC)c(C(N)=O)cc34)c(Cl)cc12. The topological polar surface area (TPSA) is 105 Å². The van der Waals surface area contributed by atoms with Gasteiger partial charge in [0.15, 0.2) is 5.78 Å². The van der Waals surface area contributed by atoms with Crippen LogP contribution in [0.3, 0.4) is 0 Å². The first-order valence-electron chi connectivity index (χ1n) is 10.3. The summed E-state index contributed by atoms with van der Waals surface area (Å²) < 4.78 is 38.6. The molecule has 0 aliphatic rings. The Morgan fingerprint density at radius 1 is 1.17 bits per heavy atom. The van der Waals surface area contributed by atoms with Gasteiger partial charge in [-0.1, -0.05) is 18.5 Å². The van der Waals surface area contributed by atoms with Gasteiger partial charge in [0.2, 0.25) is 0 Å². The van der Waals surface area contributed by atoms with Gasteiger partial charge in [0.25, 0.3) is 5.91 Å². The van der Waals surface area contributed by atoms with Gasteiger partial charge in [-0.3, -0.25) is 14.6 Å². The second-order valence-electron chi connectivity index (χ2n) is 6.37. The van der Waals surface area contributed by atoms with Gasteiger partial charge >= 0.3 is 0 Å². The van der Waals surface area contributed by atoms with Crippen molar-refractivity contribution in [3.63, 3.8) is 0 Å². The lowest BCUT2D eigenvalue weighted by molar-refractivity contribution is 0.0984. The number of benzene rings is 2. The summed E-state index contributed by atoms with van der Waals surface area (Å²) in [7, 11) is 1.42. The number of furan rings is 1. The van der Waals surface area contributed by atoms with Gasteiger partial charge in [0.1, 0.15) is 29.1 Å². The Balaban J connectivity index is 1.75. The normalized spacial score (nSPS) is 12.9. The van der Waals surface area contributed by atoms with Crippen molar-refractivity contribution in [2.24, 2.45) is 5.73 Å². The van der Waals surface area contributed by atoms with Crippen molar-refractivity contribution >= 4 is 45.2 Å². The summed E-state index contributed by atoms with van der Waals surface area (Å²) in [5, 5.41) is 1.04. The molecule has 1 amide bonds. The first kappa shape index (κ1) is 16.2. The molecule has 2 aromatic carbocycles. The number of carbonyl (C=O) groups is 2. The minimum Gasteiger partial charge on any atom is -0.496 e. The summed E-state index contributed by atoms with van der Waals surface area (Å²) in [6, 6.07) is 7.65. The Morgan fingerprint density at radius 3 is 2.73 bits per heavy atom. The molecule has 0 saturated heterocycles. The molecule has 0 atom stereocenters. The maximum Gasteiger partial charge on any atom is 0.252 e. The van der Waals surface area contributed by atoms with Gasteiger partial charge in [-0.25, -0.2) is 0 Å². The molecule has 152 valence electrons. The van der Waals surface area contributed by atoms with E-state index in [1.165, 1.54) is 37.8 Å². The molecule has 4 rings (SSSR count). The van der Waals surface area contributed by atoms with Gasteiger partial charge in [0.05, 0.1) is 28.8 Å². The summed E-state index contributed by atoms with van der Waals surface area (Å²) >= 11 is 6.40. The molecular formula is C22H17ClN2O5. The molecule has 0 bridgehead atoms.